The standard InChI is InChI=1S/C30H32N4O4/c1-19-16-23(30-33-32-20(2)38-30)11-13-26(19)21-7-9-22(10-8-21)29(35)31-24-12-14-27(36-4)28(17-24)37-18-25-6-5-15-34(25)3/h7-14,16-17,25H,5-6,15,18H2,1-4H3,(H,31,35)/t25-/m0/s1. The van der Waals surface area contributed by atoms with E-state index in [1.807, 2.05) is 67.6 Å². The molecule has 0 aliphatic carbocycles. The van der Waals surface area contributed by atoms with Gasteiger partial charge in [0, 0.05) is 35.8 Å². The molecule has 196 valence electrons. The number of likely N-dealkylation sites (N-methyl/N-ethyl adjacent to an activating group) is 1. The number of benzene rings is 3. The van der Waals surface area contributed by atoms with E-state index in [1.54, 1.807) is 14.0 Å². The molecule has 0 bridgehead atoms. The molecule has 8 nitrogen and oxygen atoms in total. The molecule has 8 heteroatoms. The molecular weight excluding hydrogens is 480 g/mol. The Hall–Kier alpha value is -4.17. The Kier molecular flexibility index (Phi) is 7.42. The fourth-order valence-electron chi connectivity index (χ4n) is 4.78. The molecule has 0 unspecified atom stereocenters. The molecule has 1 aliphatic rings. The molecule has 0 saturated carbocycles. The summed E-state index contributed by atoms with van der Waals surface area (Å²) >= 11 is 0. The van der Waals surface area contributed by atoms with Crippen LogP contribution in [0.3, 0.4) is 0 Å². The molecule has 1 atom stereocenters. The second kappa shape index (κ2) is 11.1. The fraction of sp³-hybridized carbons (Fsp3) is 0.300. The minimum atomic E-state index is -0.193. The van der Waals surface area contributed by atoms with E-state index in [0.717, 1.165) is 35.2 Å². The predicted molar refractivity (Wildman–Crippen MR) is 147 cm³/mol. The monoisotopic (exact) mass is 512 g/mol. The Morgan fingerprint density at radius 1 is 1.03 bits per heavy atom. The summed E-state index contributed by atoms with van der Waals surface area (Å²) in [5.41, 5.74) is 5.25. The van der Waals surface area contributed by atoms with E-state index in [0.29, 0.717) is 47.2 Å². The van der Waals surface area contributed by atoms with Crippen LogP contribution in [0.25, 0.3) is 22.6 Å². The molecule has 1 saturated heterocycles. The highest BCUT2D eigenvalue weighted by atomic mass is 16.5. The first kappa shape index (κ1) is 25.5. The molecular formula is C30H32N4O4. The number of hydrogen-bond acceptors (Lipinski definition) is 7. The maximum atomic E-state index is 13.0. The number of likely N-dealkylation sites (tertiary alicyclic amines) is 1. The Morgan fingerprint density at radius 2 is 1.82 bits per heavy atom. The zero-order valence-electron chi connectivity index (χ0n) is 22.2. The van der Waals surface area contributed by atoms with E-state index in [4.69, 9.17) is 13.9 Å². The second-order valence-corrected chi connectivity index (χ2v) is 9.64. The zero-order chi connectivity index (χ0) is 26.6. The summed E-state index contributed by atoms with van der Waals surface area (Å²) in [5, 5.41) is 11.0. The van der Waals surface area contributed by atoms with Crippen LogP contribution in [0, 0.1) is 13.8 Å². The van der Waals surface area contributed by atoms with Gasteiger partial charge in [-0.25, -0.2) is 0 Å². The summed E-state index contributed by atoms with van der Waals surface area (Å²) in [5.74, 6) is 2.11. The predicted octanol–water partition coefficient (Wildman–Crippen LogP) is 5.75. The summed E-state index contributed by atoms with van der Waals surface area (Å²) in [6, 6.07) is 19.4. The van der Waals surface area contributed by atoms with E-state index >= 15 is 0 Å². The number of aryl methyl sites for hydroxylation is 2. The van der Waals surface area contributed by atoms with Gasteiger partial charge in [0.05, 0.1) is 7.11 Å². The van der Waals surface area contributed by atoms with Gasteiger partial charge in [-0.2, -0.15) is 0 Å². The highest BCUT2D eigenvalue weighted by Crippen LogP contribution is 2.32. The van der Waals surface area contributed by atoms with Gasteiger partial charge >= 0.3 is 0 Å². The number of carbonyl (C=O) groups excluding carboxylic acids is 1. The highest BCUT2D eigenvalue weighted by molar-refractivity contribution is 6.04. The van der Waals surface area contributed by atoms with E-state index in [-0.39, 0.29) is 5.91 Å². The minimum absolute atomic E-state index is 0.193. The van der Waals surface area contributed by atoms with Crippen molar-refractivity contribution >= 4 is 11.6 Å². The van der Waals surface area contributed by atoms with Crippen LogP contribution in [0.5, 0.6) is 11.5 Å². The smallest absolute Gasteiger partial charge is 0.255 e. The lowest BCUT2D eigenvalue weighted by molar-refractivity contribution is 0.102. The van der Waals surface area contributed by atoms with Gasteiger partial charge in [0.15, 0.2) is 11.5 Å². The molecule has 0 radical (unpaired) electrons. The van der Waals surface area contributed by atoms with Crippen molar-refractivity contribution in [1.82, 2.24) is 15.1 Å². The number of nitrogens with one attached hydrogen (secondary N) is 1. The minimum Gasteiger partial charge on any atom is -0.493 e. The number of carbonyl (C=O) groups is 1. The molecule has 4 aromatic rings. The number of ether oxygens (including phenoxy) is 2. The Morgan fingerprint density at radius 3 is 2.47 bits per heavy atom. The van der Waals surface area contributed by atoms with Crippen molar-refractivity contribution in [1.29, 1.82) is 0 Å². The van der Waals surface area contributed by atoms with Gasteiger partial charge in [0.25, 0.3) is 5.91 Å². The van der Waals surface area contributed by atoms with Gasteiger partial charge in [-0.1, -0.05) is 18.2 Å². The number of amides is 1. The van der Waals surface area contributed by atoms with Crippen LogP contribution < -0.4 is 14.8 Å². The van der Waals surface area contributed by atoms with Gasteiger partial charge in [0.1, 0.15) is 6.61 Å². The third kappa shape index (κ3) is 5.55. The number of anilines is 1. The summed E-state index contributed by atoms with van der Waals surface area (Å²) in [6.45, 7) is 5.48. The third-order valence-corrected chi connectivity index (χ3v) is 6.98. The van der Waals surface area contributed by atoms with Gasteiger partial charge in [-0.3, -0.25) is 4.79 Å². The fourth-order valence-corrected chi connectivity index (χ4v) is 4.78. The van der Waals surface area contributed by atoms with E-state index in [1.165, 1.54) is 6.42 Å². The molecule has 1 fully saturated rings. The first-order valence-electron chi connectivity index (χ1n) is 12.8. The van der Waals surface area contributed by atoms with E-state index in [2.05, 4.69) is 27.5 Å². The van der Waals surface area contributed by atoms with Crippen LogP contribution >= 0.6 is 0 Å². The van der Waals surface area contributed by atoms with Crippen molar-refractivity contribution in [2.45, 2.75) is 32.7 Å². The van der Waals surface area contributed by atoms with Crippen molar-refractivity contribution < 1.29 is 18.7 Å². The summed E-state index contributed by atoms with van der Waals surface area (Å²) in [4.78, 5) is 15.3. The lowest BCUT2D eigenvalue weighted by Crippen LogP contribution is -2.30. The van der Waals surface area contributed by atoms with Gasteiger partial charge in [-0.15, -0.1) is 10.2 Å². The molecule has 1 amide bonds. The van der Waals surface area contributed by atoms with Crippen molar-refractivity contribution in [2.75, 3.05) is 32.6 Å². The van der Waals surface area contributed by atoms with Crippen molar-refractivity contribution in [3.8, 4) is 34.1 Å². The maximum Gasteiger partial charge on any atom is 0.255 e. The van der Waals surface area contributed by atoms with Crippen LogP contribution in [0.4, 0.5) is 5.69 Å². The molecule has 38 heavy (non-hydrogen) atoms. The SMILES string of the molecule is COc1ccc(NC(=O)c2ccc(-c3ccc(-c4nnc(C)o4)cc3C)cc2)cc1OC[C@@H]1CCCN1C. The molecule has 1 aliphatic heterocycles. The Balaban J connectivity index is 1.27. The molecule has 5 rings (SSSR count). The number of aromatic nitrogens is 2. The van der Waals surface area contributed by atoms with E-state index < -0.39 is 0 Å². The number of methoxy groups -OCH3 is 1. The number of rotatable bonds is 8. The van der Waals surface area contributed by atoms with Gasteiger partial charge in [-0.05, 0) is 86.4 Å². The Bertz CT molecular complexity index is 1430. The lowest BCUT2D eigenvalue weighted by atomic mass is 9.97. The maximum absolute atomic E-state index is 13.0. The van der Waals surface area contributed by atoms with Crippen molar-refractivity contribution in [2.24, 2.45) is 0 Å². The second-order valence-electron chi connectivity index (χ2n) is 9.64. The average molecular weight is 513 g/mol. The van der Waals surface area contributed by atoms with Crippen LogP contribution in [-0.4, -0.2) is 54.4 Å². The molecule has 3 aromatic carbocycles. The van der Waals surface area contributed by atoms with E-state index in [9.17, 15) is 4.79 Å². The quantitative estimate of drug-likeness (QED) is 0.321. The number of nitrogens with zero attached hydrogens (tertiary/aromatic N) is 3. The topological polar surface area (TPSA) is 89.7 Å². The van der Waals surface area contributed by atoms with Gasteiger partial charge in [0.2, 0.25) is 11.8 Å². The lowest BCUT2D eigenvalue weighted by Gasteiger charge is -2.21. The molecule has 2 heterocycles. The van der Waals surface area contributed by atoms with Crippen LogP contribution in [0.15, 0.2) is 65.1 Å². The first-order chi connectivity index (χ1) is 18.4. The third-order valence-electron chi connectivity index (χ3n) is 6.98. The molecule has 1 N–H and O–H groups in total. The van der Waals surface area contributed by atoms with Crippen LogP contribution in [-0.2, 0) is 0 Å². The van der Waals surface area contributed by atoms with Crippen LogP contribution in [0.2, 0.25) is 0 Å². The largest absolute Gasteiger partial charge is 0.493 e. The van der Waals surface area contributed by atoms with Crippen molar-refractivity contribution in [3.63, 3.8) is 0 Å². The molecule has 0 spiro atoms. The summed E-state index contributed by atoms with van der Waals surface area (Å²) in [7, 11) is 3.73. The average Bonchev–Trinajstić information content (AvgIpc) is 3.55. The highest BCUT2D eigenvalue weighted by Gasteiger charge is 2.22. The Labute approximate surface area is 222 Å². The zero-order valence-corrected chi connectivity index (χ0v) is 22.2. The van der Waals surface area contributed by atoms with Crippen LogP contribution in [0.1, 0.15) is 34.7 Å². The number of hydrogen-bond donors (Lipinski definition) is 1. The van der Waals surface area contributed by atoms with Crippen molar-refractivity contribution in [3.05, 3.63) is 77.7 Å². The molecule has 1 aromatic heterocycles. The normalized spacial score (nSPS) is 15.4. The first-order valence-corrected chi connectivity index (χ1v) is 12.8. The summed E-state index contributed by atoms with van der Waals surface area (Å²) < 4.78 is 17.1. The van der Waals surface area contributed by atoms with Gasteiger partial charge < -0.3 is 24.1 Å². The summed E-state index contributed by atoms with van der Waals surface area (Å²) in [6.07, 6.45) is 2.30.